The molecule has 1 rings (SSSR count). The van der Waals surface area contributed by atoms with E-state index in [1.165, 1.54) is 0 Å². The van der Waals surface area contributed by atoms with Crippen LogP contribution in [-0.2, 0) is 28.8 Å². The first-order valence-corrected chi connectivity index (χ1v) is 7.45. The number of ether oxygens (including phenoxy) is 1. The maximum atomic E-state index is 12.1. The van der Waals surface area contributed by atoms with Crippen LogP contribution in [0.3, 0.4) is 0 Å². The maximum absolute atomic E-state index is 12.1. The average molecular weight is 358 g/mol. The number of rotatable bonds is 9. The number of hydrogen-bond donors (Lipinski definition) is 3. The number of carbonyl (C=O) groups excluding carboxylic acids is 4. The van der Waals surface area contributed by atoms with Crippen molar-refractivity contribution in [2.45, 2.75) is 19.1 Å². The number of esters is 1. The van der Waals surface area contributed by atoms with Crippen LogP contribution in [0.25, 0.3) is 0 Å². The number of amides is 3. The molecule has 1 heterocycles. The van der Waals surface area contributed by atoms with E-state index in [-0.39, 0.29) is 18.9 Å². The Morgan fingerprint density at radius 3 is 2.64 bits per heavy atom. The highest BCUT2D eigenvalue weighted by Gasteiger charge is 2.29. The van der Waals surface area contributed by atoms with Crippen LogP contribution in [0.2, 0.25) is 0 Å². The number of nitrogens with two attached hydrogens (primary N) is 1. The van der Waals surface area contributed by atoms with Crippen molar-refractivity contribution >= 4 is 23.7 Å². The Bertz CT molecular complexity index is 535. The molecule has 3 amide bonds. The lowest BCUT2D eigenvalue weighted by atomic mass is 10.3. The Kier molecular flexibility index (Phi) is 7.98. The number of aliphatic hydroxyl groups excluding tert-OH is 1. The summed E-state index contributed by atoms with van der Waals surface area (Å²) in [4.78, 5) is 52.2. The first-order valence-electron chi connectivity index (χ1n) is 7.45. The molecule has 140 valence electrons. The standard InChI is InChI=1S/C14H22N4O7/c1-9-3-4-11(20)18(9)25-14(23)8-17(7-13(22)24-2)12(21)6-16-10(19)5-15/h14,23H,1,3-8,15H2,2H3,(H,16,19). The number of methoxy groups -OCH3 is 1. The van der Waals surface area contributed by atoms with Gasteiger partial charge in [-0.05, 0) is 6.42 Å². The Balaban J connectivity index is 2.66. The minimum Gasteiger partial charge on any atom is -0.468 e. The minimum atomic E-state index is -1.59. The SMILES string of the molecule is C=C1CCC(=O)N1OC(O)CN(CC(=O)OC)C(=O)CNC(=O)CN. The first-order chi connectivity index (χ1) is 11.8. The van der Waals surface area contributed by atoms with Crippen LogP contribution in [0.1, 0.15) is 12.8 Å². The zero-order valence-corrected chi connectivity index (χ0v) is 13.9. The van der Waals surface area contributed by atoms with Gasteiger partial charge in [0.05, 0.1) is 26.7 Å². The van der Waals surface area contributed by atoms with Gasteiger partial charge in [-0.2, -0.15) is 5.06 Å². The van der Waals surface area contributed by atoms with Crippen LogP contribution >= 0.6 is 0 Å². The summed E-state index contributed by atoms with van der Waals surface area (Å²) < 4.78 is 4.49. The van der Waals surface area contributed by atoms with Gasteiger partial charge in [0, 0.05) is 12.1 Å². The second-order valence-corrected chi connectivity index (χ2v) is 5.15. The molecule has 0 aromatic rings. The summed E-state index contributed by atoms with van der Waals surface area (Å²) >= 11 is 0. The van der Waals surface area contributed by atoms with Crippen LogP contribution in [-0.4, -0.2) is 78.3 Å². The van der Waals surface area contributed by atoms with Gasteiger partial charge in [0.25, 0.3) is 5.91 Å². The summed E-state index contributed by atoms with van der Waals surface area (Å²) in [7, 11) is 1.14. The van der Waals surface area contributed by atoms with Crippen LogP contribution in [0.15, 0.2) is 12.3 Å². The van der Waals surface area contributed by atoms with Gasteiger partial charge in [-0.3, -0.25) is 19.2 Å². The monoisotopic (exact) mass is 358 g/mol. The second kappa shape index (κ2) is 9.71. The Morgan fingerprint density at radius 2 is 2.12 bits per heavy atom. The lowest BCUT2D eigenvalue weighted by molar-refractivity contribution is -0.240. The molecule has 1 aliphatic heterocycles. The molecule has 1 saturated heterocycles. The van der Waals surface area contributed by atoms with Crippen molar-refractivity contribution in [1.82, 2.24) is 15.3 Å². The van der Waals surface area contributed by atoms with E-state index < -0.39 is 43.7 Å². The number of nitrogens with zero attached hydrogens (tertiary/aromatic N) is 2. The lowest BCUT2D eigenvalue weighted by Gasteiger charge is -2.26. The summed E-state index contributed by atoms with van der Waals surface area (Å²) in [6.45, 7) is 2.01. The van der Waals surface area contributed by atoms with E-state index in [0.29, 0.717) is 12.1 Å². The second-order valence-electron chi connectivity index (χ2n) is 5.15. The van der Waals surface area contributed by atoms with Crippen molar-refractivity contribution in [2.75, 3.05) is 33.3 Å². The van der Waals surface area contributed by atoms with E-state index in [9.17, 15) is 24.3 Å². The highest BCUT2D eigenvalue weighted by molar-refractivity contribution is 5.87. The fourth-order valence-corrected chi connectivity index (χ4v) is 1.94. The predicted molar refractivity (Wildman–Crippen MR) is 83.0 cm³/mol. The molecule has 0 aromatic carbocycles. The van der Waals surface area contributed by atoms with E-state index in [0.717, 1.165) is 17.1 Å². The summed E-state index contributed by atoms with van der Waals surface area (Å²) in [5.74, 6) is -2.32. The third kappa shape index (κ3) is 6.49. The average Bonchev–Trinajstić information content (AvgIpc) is 2.90. The normalized spacial score (nSPS) is 15.1. The van der Waals surface area contributed by atoms with Crippen LogP contribution in [0.5, 0.6) is 0 Å². The van der Waals surface area contributed by atoms with Gasteiger partial charge in [-0.1, -0.05) is 6.58 Å². The van der Waals surface area contributed by atoms with Crippen LogP contribution < -0.4 is 11.1 Å². The molecule has 1 unspecified atom stereocenters. The van der Waals surface area contributed by atoms with Crippen molar-refractivity contribution in [1.29, 1.82) is 0 Å². The van der Waals surface area contributed by atoms with E-state index in [2.05, 4.69) is 16.6 Å². The fourth-order valence-electron chi connectivity index (χ4n) is 1.94. The Hall–Kier alpha value is -2.50. The summed E-state index contributed by atoms with van der Waals surface area (Å²) in [5, 5.41) is 13.1. The molecule has 11 nitrogen and oxygen atoms in total. The molecule has 11 heteroatoms. The van der Waals surface area contributed by atoms with Crippen molar-refractivity contribution < 1.29 is 33.9 Å². The minimum absolute atomic E-state index is 0.210. The van der Waals surface area contributed by atoms with Gasteiger partial charge in [0.1, 0.15) is 6.54 Å². The van der Waals surface area contributed by atoms with E-state index in [1.54, 1.807) is 0 Å². The van der Waals surface area contributed by atoms with Gasteiger partial charge in [0.15, 0.2) is 6.29 Å². The molecule has 0 spiro atoms. The lowest BCUT2D eigenvalue weighted by Crippen LogP contribution is -2.48. The Labute approximate surface area is 144 Å². The van der Waals surface area contributed by atoms with Gasteiger partial charge >= 0.3 is 5.97 Å². The van der Waals surface area contributed by atoms with Crippen LogP contribution in [0, 0.1) is 0 Å². The fraction of sp³-hybridized carbons (Fsp3) is 0.571. The molecule has 0 aromatic heterocycles. The van der Waals surface area contributed by atoms with Gasteiger partial charge in [0.2, 0.25) is 11.8 Å². The smallest absolute Gasteiger partial charge is 0.325 e. The zero-order valence-electron chi connectivity index (χ0n) is 13.9. The number of hydrogen-bond acceptors (Lipinski definition) is 8. The molecule has 0 aliphatic carbocycles. The molecule has 4 N–H and O–H groups in total. The molecular formula is C14H22N4O7. The van der Waals surface area contributed by atoms with E-state index in [4.69, 9.17) is 10.6 Å². The van der Waals surface area contributed by atoms with Gasteiger partial charge in [-0.25, -0.2) is 4.84 Å². The molecule has 1 atom stereocenters. The summed E-state index contributed by atoms with van der Waals surface area (Å²) in [6.07, 6.45) is -0.971. The molecule has 0 radical (unpaired) electrons. The van der Waals surface area contributed by atoms with Crippen molar-refractivity contribution in [3.05, 3.63) is 12.3 Å². The van der Waals surface area contributed by atoms with Gasteiger partial charge in [-0.15, -0.1) is 0 Å². The number of carbonyl (C=O) groups is 4. The third-order valence-corrected chi connectivity index (χ3v) is 3.27. The maximum Gasteiger partial charge on any atom is 0.325 e. The molecule has 1 aliphatic rings. The molecule has 25 heavy (non-hydrogen) atoms. The topological polar surface area (TPSA) is 152 Å². The molecule has 0 saturated carbocycles. The van der Waals surface area contributed by atoms with Crippen molar-refractivity contribution in [3.8, 4) is 0 Å². The number of allylic oxidation sites excluding steroid dienone is 1. The third-order valence-electron chi connectivity index (χ3n) is 3.27. The Morgan fingerprint density at radius 1 is 1.44 bits per heavy atom. The first kappa shape index (κ1) is 20.5. The summed E-state index contributed by atoms with van der Waals surface area (Å²) in [6, 6.07) is 0. The number of hydroxylamine groups is 2. The van der Waals surface area contributed by atoms with Crippen LogP contribution in [0.4, 0.5) is 0 Å². The largest absolute Gasteiger partial charge is 0.468 e. The zero-order chi connectivity index (χ0) is 19.0. The predicted octanol–water partition coefficient (Wildman–Crippen LogP) is -2.55. The molecule has 0 bridgehead atoms. The number of aliphatic hydroxyl groups is 1. The highest BCUT2D eigenvalue weighted by Crippen LogP contribution is 2.21. The van der Waals surface area contributed by atoms with E-state index >= 15 is 0 Å². The highest BCUT2D eigenvalue weighted by atomic mass is 16.8. The number of nitrogens with one attached hydrogen (secondary N) is 1. The molecular weight excluding hydrogens is 336 g/mol. The molecule has 1 fully saturated rings. The summed E-state index contributed by atoms with van der Waals surface area (Å²) in [5.41, 5.74) is 5.50. The van der Waals surface area contributed by atoms with Crippen molar-refractivity contribution in [3.63, 3.8) is 0 Å². The quantitative estimate of drug-likeness (QED) is 0.301. The van der Waals surface area contributed by atoms with E-state index in [1.807, 2.05) is 0 Å². The van der Waals surface area contributed by atoms with Crippen molar-refractivity contribution in [2.24, 2.45) is 5.73 Å². The van der Waals surface area contributed by atoms with Gasteiger partial charge < -0.3 is 25.8 Å².